The molecule has 0 aliphatic rings. The van der Waals surface area contributed by atoms with Crippen LogP contribution in [0, 0.1) is 0 Å². The highest BCUT2D eigenvalue weighted by Crippen LogP contribution is 2.28. The minimum Gasteiger partial charge on any atom is -0.481 e. The molecule has 140 valence electrons. The molecule has 0 unspecified atom stereocenters. The summed E-state index contributed by atoms with van der Waals surface area (Å²) < 4.78 is 5.80. The molecule has 0 saturated heterocycles. The summed E-state index contributed by atoms with van der Waals surface area (Å²) in [7, 11) is 0. The van der Waals surface area contributed by atoms with Crippen LogP contribution in [-0.2, 0) is 4.79 Å². The molecular weight excluding hydrogens is 368 g/mol. The Balaban J connectivity index is 1.48. The lowest BCUT2D eigenvalue weighted by atomic mass is 10.1. The van der Waals surface area contributed by atoms with Gasteiger partial charge in [0.1, 0.15) is 5.75 Å². The second-order valence-corrected chi connectivity index (χ2v) is 7.27. The normalized spacial score (nSPS) is 11.9. The fraction of sp³-hybridized carbons (Fsp3) is 0.130. The highest BCUT2D eigenvalue weighted by atomic mass is 32.1. The largest absolute Gasteiger partial charge is 0.481 e. The van der Waals surface area contributed by atoms with E-state index in [4.69, 9.17) is 4.74 Å². The number of carbonyl (C=O) groups is 1. The fourth-order valence-electron chi connectivity index (χ4n) is 2.98. The molecule has 0 spiro atoms. The minimum atomic E-state index is -0.560. The van der Waals surface area contributed by atoms with Gasteiger partial charge in [-0.25, -0.2) is 4.98 Å². The van der Waals surface area contributed by atoms with Crippen LogP contribution in [-0.4, -0.2) is 17.0 Å². The number of fused-ring (bicyclic) bond motifs is 1. The number of para-hydroxylation sites is 1. The first-order valence-electron chi connectivity index (χ1n) is 9.20. The summed E-state index contributed by atoms with van der Waals surface area (Å²) in [6, 6.07) is 23.8. The Hall–Kier alpha value is -3.18. The van der Waals surface area contributed by atoms with Crippen LogP contribution in [0.25, 0.3) is 22.0 Å². The van der Waals surface area contributed by atoms with Crippen molar-refractivity contribution in [1.29, 1.82) is 0 Å². The van der Waals surface area contributed by atoms with Gasteiger partial charge in [-0.3, -0.25) is 10.1 Å². The Kier molecular flexibility index (Phi) is 5.35. The summed E-state index contributed by atoms with van der Waals surface area (Å²) in [6.45, 7) is 1.93. The highest BCUT2D eigenvalue weighted by molar-refractivity contribution is 7.14. The van der Waals surface area contributed by atoms with Crippen molar-refractivity contribution in [2.45, 2.75) is 19.4 Å². The van der Waals surface area contributed by atoms with E-state index in [0.29, 0.717) is 17.3 Å². The van der Waals surface area contributed by atoms with Gasteiger partial charge in [0.25, 0.3) is 5.91 Å². The Morgan fingerprint density at radius 3 is 2.57 bits per heavy atom. The van der Waals surface area contributed by atoms with Crippen molar-refractivity contribution in [3.8, 4) is 17.0 Å². The first-order valence-corrected chi connectivity index (χ1v) is 10.1. The molecule has 4 nitrogen and oxygen atoms in total. The summed E-state index contributed by atoms with van der Waals surface area (Å²) in [6.07, 6.45) is 0.0133. The Morgan fingerprint density at radius 1 is 1.04 bits per heavy atom. The number of anilines is 1. The van der Waals surface area contributed by atoms with E-state index in [1.807, 2.05) is 54.8 Å². The molecular formula is C23H20N2O2S. The third-order valence-corrected chi connectivity index (χ3v) is 5.22. The van der Waals surface area contributed by atoms with E-state index in [1.165, 1.54) is 22.1 Å². The van der Waals surface area contributed by atoms with Crippen molar-refractivity contribution in [1.82, 2.24) is 4.98 Å². The standard InChI is InChI=1S/C23H20N2O2S/c1-2-21(27-19-10-4-3-5-11-19)22(26)25-23-24-20(15-28-23)18-13-12-16-8-6-7-9-17(16)14-18/h3-15,21H,2H2,1H3,(H,24,25,26)/t21-/m0/s1. The number of rotatable bonds is 6. The van der Waals surface area contributed by atoms with E-state index >= 15 is 0 Å². The summed E-state index contributed by atoms with van der Waals surface area (Å²) in [5, 5.41) is 7.77. The second-order valence-electron chi connectivity index (χ2n) is 6.42. The molecule has 0 aliphatic carbocycles. The predicted molar refractivity (Wildman–Crippen MR) is 115 cm³/mol. The molecule has 3 aromatic carbocycles. The maximum absolute atomic E-state index is 12.6. The molecule has 4 rings (SSSR count). The molecule has 0 bridgehead atoms. The first-order chi connectivity index (χ1) is 13.7. The Labute approximate surface area is 167 Å². The fourth-order valence-corrected chi connectivity index (χ4v) is 3.71. The molecule has 1 aromatic heterocycles. The van der Waals surface area contributed by atoms with Crippen LogP contribution in [0.15, 0.2) is 78.2 Å². The number of thiazole rings is 1. The highest BCUT2D eigenvalue weighted by Gasteiger charge is 2.20. The smallest absolute Gasteiger partial charge is 0.267 e. The lowest BCUT2D eigenvalue weighted by Gasteiger charge is -2.16. The summed E-state index contributed by atoms with van der Waals surface area (Å²) >= 11 is 1.41. The van der Waals surface area contributed by atoms with Crippen molar-refractivity contribution >= 4 is 33.1 Å². The Morgan fingerprint density at radius 2 is 1.79 bits per heavy atom. The molecule has 0 fully saturated rings. The van der Waals surface area contributed by atoms with E-state index in [9.17, 15) is 4.79 Å². The molecule has 1 heterocycles. The zero-order valence-electron chi connectivity index (χ0n) is 15.5. The van der Waals surface area contributed by atoms with Gasteiger partial charge in [0, 0.05) is 10.9 Å². The topological polar surface area (TPSA) is 51.2 Å². The third-order valence-electron chi connectivity index (χ3n) is 4.46. The number of nitrogens with zero attached hydrogens (tertiary/aromatic N) is 1. The van der Waals surface area contributed by atoms with Crippen LogP contribution in [0.2, 0.25) is 0 Å². The maximum Gasteiger partial charge on any atom is 0.267 e. The van der Waals surface area contributed by atoms with Crippen LogP contribution in [0.1, 0.15) is 13.3 Å². The summed E-state index contributed by atoms with van der Waals surface area (Å²) in [5.41, 5.74) is 1.88. The quantitative estimate of drug-likeness (QED) is 0.457. The van der Waals surface area contributed by atoms with Gasteiger partial charge in [-0.1, -0.05) is 61.5 Å². The average Bonchev–Trinajstić information content (AvgIpc) is 3.20. The number of benzene rings is 3. The molecule has 0 aliphatic heterocycles. The number of aromatic nitrogens is 1. The molecule has 4 aromatic rings. The Bertz CT molecular complexity index is 1090. The molecule has 5 heteroatoms. The van der Waals surface area contributed by atoms with Crippen LogP contribution in [0.5, 0.6) is 5.75 Å². The number of hydrogen-bond donors (Lipinski definition) is 1. The van der Waals surface area contributed by atoms with Crippen molar-refractivity contribution < 1.29 is 9.53 Å². The van der Waals surface area contributed by atoms with E-state index in [2.05, 4.69) is 40.6 Å². The predicted octanol–water partition coefficient (Wildman–Crippen LogP) is 5.76. The van der Waals surface area contributed by atoms with Gasteiger partial charge in [-0.15, -0.1) is 11.3 Å². The average molecular weight is 388 g/mol. The van der Waals surface area contributed by atoms with Crippen molar-refractivity contribution in [2.75, 3.05) is 5.32 Å². The monoisotopic (exact) mass is 388 g/mol. The molecule has 1 atom stereocenters. The number of carbonyl (C=O) groups excluding carboxylic acids is 1. The maximum atomic E-state index is 12.6. The molecule has 0 radical (unpaired) electrons. The van der Waals surface area contributed by atoms with Gasteiger partial charge >= 0.3 is 0 Å². The van der Waals surface area contributed by atoms with Crippen molar-refractivity contribution in [3.63, 3.8) is 0 Å². The van der Waals surface area contributed by atoms with Crippen LogP contribution < -0.4 is 10.1 Å². The lowest BCUT2D eigenvalue weighted by Crippen LogP contribution is -2.32. The molecule has 1 N–H and O–H groups in total. The van der Waals surface area contributed by atoms with Crippen LogP contribution in [0.4, 0.5) is 5.13 Å². The van der Waals surface area contributed by atoms with Gasteiger partial charge in [-0.05, 0) is 35.4 Å². The second kappa shape index (κ2) is 8.23. The van der Waals surface area contributed by atoms with Gasteiger partial charge in [-0.2, -0.15) is 0 Å². The zero-order valence-corrected chi connectivity index (χ0v) is 16.3. The number of hydrogen-bond acceptors (Lipinski definition) is 4. The van der Waals surface area contributed by atoms with Gasteiger partial charge in [0.2, 0.25) is 0 Å². The molecule has 1 amide bonds. The van der Waals surface area contributed by atoms with Crippen molar-refractivity contribution in [3.05, 3.63) is 78.2 Å². The minimum absolute atomic E-state index is 0.189. The summed E-state index contributed by atoms with van der Waals surface area (Å²) in [5.74, 6) is 0.492. The molecule has 28 heavy (non-hydrogen) atoms. The zero-order chi connectivity index (χ0) is 19.3. The summed E-state index contributed by atoms with van der Waals surface area (Å²) in [4.78, 5) is 17.2. The van der Waals surface area contributed by atoms with E-state index in [-0.39, 0.29) is 5.91 Å². The first kappa shape index (κ1) is 18.2. The molecule has 0 saturated carbocycles. The van der Waals surface area contributed by atoms with Gasteiger partial charge < -0.3 is 4.74 Å². The van der Waals surface area contributed by atoms with Crippen molar-refractivity contribution in [2.24, 2.45) is 0 Å². The number of nitrogens with one attached hydrogen (secondary N) is 1. The van der Waals surface area contributed by atoms with Gasteiger partial charge in [0.15, 0.2) is 11.2 Å². The third kappa shape index (κ3) is 4.05. The SMILES string of the molecule is CC[C@H](Oc1ccccc1)C(=O)Nc1nc(-c2ccc3ccccc3c2)cs1. The lowest BCUT2D eigenvalue weighted by molar-refractivity contribution is -0.122. The van der Waals surface area contributed by atoms with E-state index in [1.54, 1.807) is 0 Å². The number of ether oxygens (including phenoxy) is 1. The number of amides is 1. The van der Waals surface area contributed by atoms with E-state index < -0.39 is 6.10 Å². The van der Waals surface area contributed by atoms with E-state index in [0.717, 1.165) is 11.3 Å². The van der Waals surface area contributed by atoms with Crippen LogP contribution >= 0.6 is 11.3 Å². The van der Waals surface area contributed by atoms with Crippen LogP contribution in [0.3, 0.4) is 0 Å². The van der Waals surface area contributed by atoms with Gasteiger partial charge in [0.05, 0.1) is 5.69 Å².